The number of benzene rings is 1. The van der Waals surface area contributed by atoms with Gasteiger partial charge in [-0.15, -0.1) is 0 Å². The Balaban J connectivity index is 1.09. The van der Waals surface area contributed by atoms with Crippen molar-refractivity contribution in [2.75, 3.05) is 64.4 Å². The number of aromatic nitrogens is 5. The van der Waals surface area contributed by atoms with E-state index in [-0.39, 0.29) is 56.9 Å². The average Bonchev–Trinajstić information content (AvgIpc) is 3.74. The Bertz CT molecular complexity index is 1940. The van der Waals surface area contributed by atoms with Crippen LogP contribution in [0.25, 0.3) is 17.1 Å². The van der Waals surface area contributed by atoms with Crippen LogP contribution in [0, 0.1) is 12.8 Å². The second-order valence-corrected chi connectivity index (χ2v) is 13.7. The number of imidazole rings is 1. The molecule has 0 saturated carbocycles. The lowest BCUT2D eigenvalue weighted by atomic mass is 9.94. The Hall–Kier alpha value is -4.96. The summed E-state index contributed by atoms with van der Waals surface area (Å²) in [5, 5.41) is 6.40. The summed E-state index contributed by atoms with van der Waals surface area (Å²) in [5.74, 6) is -1.00. The zero-order chi connectivity index (χ0) is 36.0. The minimum absolute atomic E-state index is 0.0204. The SMILES string of the molecule is Cc1nc(-n2cc(-c3cnc(C(=O)Nc4ccc(C(=O)N5CCN(C(=O)C6CC[N+](C)(C)CC6)CC5)c(Cl)c4)[nH]3)c(C(F)(F)F)n2)ccc1N. The Labute approximate surface area is 290 Å². The van der Waals surface area contributed by atoms with Crippen molar-refractivity contribution >= 4 is 40.7 Å². The lowest BCUT2D eigenvalue weighted by Crippen LogP contribution is -2.54. The van der Waals surface area contributed by atoms with Crippen molar-refractivity contribution in [3.05, 3.63) is 70.5 Å². The van der Waals surface area contributed by atoms with E-state index in [1.807, 2.05) is 4.90 Å². The summed E-state index contributed by atoms with van der Waals surface area (Å²) in [6.45, 7) is 5.19. The molecule has 3 amide bonds. The highest BCUT2D eigenvalue weighted by Gasteiger charge is 2.39. The Kier molecular flexibility index (Phi) is 9.35. The zero-order valence-corrected chi connectivity index (χ0v) is 28.5. The molecule has 5 heterocycles. The summed E-state index contributed by atoms with van der Waals surface area (Å²) < 4.78 is 43.8. The maximum Gasteiger partial charge on any atom is 0.435 e. The summed E-state index contributed by atoms with van der Waals surface area (Å²) in [6.07, 6.45) is -0.856. The Morgan fingerprint density at radius 3 is 2.36 bits per heavy atom. The van der Waals surface area contributed by atoms with Crippen LogP contribution in [0.1, 0.15) is 45.2 Å². The molecule has 17 heteroatoms. The maximum atomic E-state index is 14.0. The number of alkyl halides is 3. The van der Waals surface area contributed by atoms with Crippen molar-refractivity contribution in [3.8, 4) is 17.1 Å². The zero-order valence-electron chi connectivity index (χ0n) is 27.7. The van der Waals surface area contributed by atoms with Gasteiger partial charge < -0.3 is 30.3 Å². The molecule has 3 aromatic heterocycles. The molecule has 0 unspecified atom stereocenters. The number of hydrogen-bond donors (Lipinski definition) is 3. The molecule has 2 aliphatic heterocycles. The predicted octanol–water partition coefficient (Wildman–Crippen LogP) is 4.24. The minimum atomic E-state index is -4.82. The molecule has 2 fully saturated rings. The van der Waals surface area contributed by atoms with Crippen molar-refractivity contribution < 1.29 is 32.0 Å². The van der Waals surface area contributed by atoms with Crippen LogP contribution >= 0.6 is 11.6 Å². The highest BCUT2D eigenvalue weighted by Crippen LogP contribution is 2.36. The number of amides is 3. The first kappa shape index (κ1) is 34.9. The van der Waals surface area contributed by atoms with Gasteiger partial charge in [-0.25, -0.2) is 14.6 Å². The summed E-state index contributed by atoms with van der Waals surface area (Å²) in [6, 6.07) is 7.35. The van der Waals surface area contributed by atoms with Crippen molar-refractivity contribution in [2.24, 2.45) is 5.92 Å². The normalized spacial score (nSPS) is 16.8. The van der Waals surface area contributed by atoms with Gasteiger partial charge in [0.1, 0.15) is 0 Å². The summed E-state index contributed by atoms with van der Waals surface area (Å²) in [7, 11) is 4.34. The summed E-state index contributed by atoms with van der Waals surface area (Å²) in [4.78, 5) is 53.7. The van der Waals surface area contributed by atoms with Crippen molar-refractivity contribution in [1.82, 2.24) is 34.5 Å². The number of halogens is 4. The molecule has 264 valence electrons. The second kappa shape index (κ2) is 13.4. The molecule has 2 aliphatic rings. The van der Waals surface area contributed by atoms with Crippen molar-refractivity contribution in [2.45, 2.75) is 25.9 Å². The summed E-state index contributed by atoms with van der Waals surface area (Å²) >= 11 is 6.48. The molecule has 0 spiro atoms. The van der Waals surface area contributed by atoms with Crippen LogP contribution in [-0.2, 0) is 11.0 Å². The minimum Gasteiger partial charge on any atom is -0.397 e. The van der Waals surface area contributed by atoms with Crippen LogP contribution in [0.2, 0.25) is 5.02 Å². The van der Waals surface area contributed by atoms with Crippen LogP contribution in [0.3, 0.4) is 0 Å². The second-order valence-electron chi connectivity index (χ2n) is 13.2. The van der Waals surface area contributed by atoms with E-state index in [1.54, 1.807) is 11.8 Å². The number of nitrogens with one attached hydrogen (secondary N) is 2. The third-order valence-electron chi connectivity index (χ3n) is 9.26. The van der Waals surface area contributed by atoms with Crippen molar-refractivity contribution in [3.63, 3.8) is 0 Å². The molecular weight excluding hydrogens is 677 g/mol. The average molecular weight is 714 g/mol. The number of anilines is 2. The lowest BCUT2D eigenvalue weighted by Gasteiger charge is -2.40. The molecule has 0 radical (unpaired) electrons. The quantitative estimate of drug-likeness (QED) is 0.253. The van der Waals surface area contributed by atoms with Gasteiger partial charge in [-0.05, 0) is 37.3 Å². The number of rotatable bonds is 6. The molecule has 4 N–H and O–H groups in total. The highest BCUT2D eigenvalue weighted by atomic mass is 35.5. The first-order valence-electron chi connectivity index (χ1n) is 16.1. The third kappa shape index (κ3) is 7.31. The van der Waals surface area contributed by atoms with E-state index in [0.29, 0.717) is 37.6 Å². The number of quaternary nitrogens is 1. The smallest absolute Gasteiger partial charge is 0.397 e. The number of nitrogen functional groups attached to an aromatic ring is 1. The number of nitrogens with two attached hydrogens (primary N) is 1. The maximum absolute atomic E-state index is 14.0. The molecule has 13 nitrogen and oxygen atoms in total. The number of piperazine rings is 1. The van der Waals surface area contributed by atoms with E-state index < -0.39 is 17.8 Å². The van der Waals surface area contributed by atoms with E-state index in [1.165, 1.54) is 30.3 Å². The Morgan fingerprint density at radius 1 is 1.04 bits per heavy atom. The molecule has 2 saturated heterocycles. The van der Waals surface area contributed by atoms with Crippen LogP contribution in [-0.4, -0.2) is 110 Å². The van der Waals surface area contributed by atoms with Gasteiger partial charge in [-0.2, -0.15) is 18.3 Å². The van der Waals surface area contributed by atoms with Gasteiger partial charge in [0.25, 0.3) is 11.8 Å². The molecule has 4 aromatic rings. The largest absolute Gasteiger partial charge is 0.435 e. The summed E-state index contributed by atoms with van der Waals surface area (Å²) in [5.41, 5.74) is 5.44. The molecule has 50 heavy (non-hydrogen) atoms. The van der Waals surface area contributed by atoms with Crippen molar-refractivity contribution in [1.29, 1.82) is 0 Å². The van der Waals surface area contributed by atoms with Crippen LogP contribution < -0.4 is 11.1 Å². The molecule has 6 rings (SSSR count). The highest BCUT2D eigenvalue weighted by molar-refractivity contribution is 6.34. The number of aromatic amines is 1. The first-order valence-corrected chi connectivity index (χ1v) is 16.4. The lowest BCUT2D eigenvalue weighted by molar-refractivity contribution is -0.895. The third-order valence-corrected chi connectivity index (χ3v) is 9.57. The van der Waals surface area contributed by atoms with E-state index in [0.717, 1.165) is 47.5 Å². The molecule has 0 atom stereocenters. The molecule has 0 bridgehead atoms. The van der Waals surface area contributed by atoms with Crippen LogP contribution in [0.4, 0.5) is 24.5 Å². The van der Waals surface area contributed by atoms with Gasteiger partial charge in [-0.3, -0.25) is 14.4 Å². The predicted molar refractivity (Wildman–Crippen MR) is 180 cm³/mol. The fourth-order valence-electron chi connectivity index (χ4n) is 6.19. The number of aryl methyl sites for hydroxylation is 1. The number of carbonyl (C=O) groups excluding carboxylic acids is 3. The number of likely N-dealkylation sites (tertiary alicyclic amines) is 1. The topological polar surface area (TPSA) is 155 Å². The standard InChI is InChI=1S/C33H36ClF3N10O3/c1-19-25(38)6-7-27(40-19)46-18-23(28(43-46)33(35,36)37)26-17-39-29(42-26)30(48)41-21-4-5-22(24(34)16-21)32(50)45-12-10-44(11-13-45)31(49)20-8-14-47(2,3)15-9-20/h4-7,16-18,20H,8-15,38H2,1-3H3,(H-,39,41,42,48,50)/p+1. The van der Waals surface area contributed by atoms with Crippen LogP contribution in [0.5, 0.6) is 0 Å². The number of hydrogen-bond acceptors (Lipinski definition) is 7. The number of piperidine rings is 1. The number of H-pyrrole nitrogens is 1. The number of pyridine rings is 1. The monoisotopic (exact) mass is 713 g/mol. The van der Waals surface area contributed by atoms with Gasteiger partial charge in [-0.1, -0.05) is 11.6 Å². The van der Waals surface area contributed by atoms with E-state index in [4.69, 9.17) is 17.3 Å². The fraction of sp³-hybridized carbons (Fsp3) is 0.394. The van der Waals surface area contributed by atoms with E-state index in [9.17, 15) is 27.6 Å². The molecular formula is C33H37ClF3N10O3+. The van der Waals surface area contributed by atoms with Gasteiger partial charge in [0.15, 0.2) is 17.3 Å². The van der Waals surface area contributed by atoms with E-state index >= 15 is 0 Å². The number of carbonyl (C=O) groups is 3. The van der Waals surface area contributed by atoms with Gasteiger partial charge >= 0.3 is 6.18 Å². The van der Waals surface area contributed by atoms with Crippen LogP contribution in [0.15, 0.2) is 42.7 Å². The first-order chi connectivity index (χ1) is 23.6. The molecule has 0 aliphatic carbocycles. The van der Waals surface area contributed by atoms with Gasteiger partial charge in [0.05, 0.1) is 66.6 Å². The van der Waals surface area contributed by atoms with Gasteiger partial charge in [0, 0.05) is 56.8 Å². The van der Waals surface area contributed by atoms with E-state index in [2.05, 4.69) is 39.5 Å². The van der Waals surface area contributed by atoms with Gasteiger partial charge in [0.2, 0.25) is 5.91 Å². The Morgan fingerprint density at radius 2 is 1.72 bits per heavy atom. The molecule has 1 aromatic carbocycles. The number of nitrogens with zero attached hydrogens (tertiary/aromatic N) is 7. The fourth-order valence-corrected chi connectivity index (χ4v) is 6.45.